The second kappa shape index (κ2) is 8.30. The van der Waals surface area contributed by atoms with Crippen LogP contribution in [0.3, 0.4) is 0 Å². The number of benzene rings is 3. The van der Waals surface area contributed by atoms with Gasteiger partial charge in [0.15, 0.2) is 0 Å². The molecule has 1 spiro atoms. The maximum atomic E-state index is 14.0. The number of amides is 2. The van der Waals surface area contributed by atoms with Crippen molar-refractivity contribution < 1.29 is 33.6 Å². The van der Waals surface area contributed by atoms with Gasteiger partial charge in [-0.1, -0.05) is 48.0 Å². The van der Waals surface area contributed by atoms with E-state index in [1.165, 1.54) is 25.3 Å². The van der Waals surface area contributed by atoms with E-state index >= 15 is 0 Å². The summed E-state index contributed by atoms with van der Waals surface area (Å²) < 4.78 is 11.5. The summed E-state index contributed by atoms with van der Waals surface area (Å²) in [5.41, 5.74) is -1.91. The molecule has 0 aromatic heterocycles. The molecule has 3 aromatic rings. The Morgan fingerprint density at radius 3 is 2.16 bits per heavy atom. The number of methoxy groups -OCH3 is 1. The van der Waals surface area contributed by atoms with E-state index in [4.69, 9.17) is 21.1 Å². The SMILES string of the molecule is COc1cc([N+](=O)[O-])ccc1N1C(=O)C2C(c3ccc(Cl)cc3)OC3(C(=O)c4ccccc4C3=O)C2C1=O. The number of ether oxygens (including phenoxy) is 2. The van der Waals surface area contributed by atoms with Gasteiger partial charge in [0.05, 0.1) is 41.7 Å². The van der Waals surface area contributed by atoms with Crippen LogP contribution in [0.2, 0.25) is 5.02 Å². The average Bonchev–Trinajstić information content (AvgIpc) is 3.48. The molecule has 2 fully saturated rings. The van der Waals surface area contributed by atoms with Crippen LogP contribution >= 0.6 is 11.6 Å². The first-order valence-electron chi connectivity index (χ1n) is 11.5. The zero-order valence-corrected chi connectivity index (χ0v) is 20.4. The first-order chi connectivity index (χ1) is 18.2. The van der Waals surface area contributed by atoms with Crippen molar-refractivity contribution in [2.45, 2.75) is 11.7 Å². The number of hydrogen-bond acceptors (Lipinski definition) is 8. The van der Waals surface area contributed by atoms with Crippen LogP contribution in [-0.2, 0) is 14.3 Å². The summed E-state index contributed by atoms with van der Waals surface area (Å²) in [5, 5.41) is 11.7. The van der Waals surface area contributed by atoms with Gasteiger partial charge in [-0.25, -0.2) is 4.90 Å². The first kappa shape index (κ1) is 24.0. The summed E-state index contributed by atoms with van der Waals surface area (Å²) in [6.07, 6.45) is -1.12. The highest BCUT2D eigenvalue weighted by Crippen LogP contribution is 2.58. The van der Waals surface area contributed by atoms with E-state index in [0.29, 0.717) is 10.6 Å². The molecule has 0 radical (unpaired) electrons. The molecule has 6 rings (SSSR count). The number of fused-ring (bicyclic) bond motifs is 3. The summed E-state index contributed by atoms with van der Waals surface area (Å²) in [7, 11) is 1.25. The highest BCUT2D eigenvalue weighted by Gasteiger charge is 2.74. The van der Waals surface area contributed by atoms with Gasteiger partial charge in [0, 0.05) is 22.2 Å². The second-order valence-corrected chi connectivity index (χ2v) is 9.59. The van der Waals surface area contributed by atoms with Gasteiger partial charge in [0.2, 0.25) is 29.0 Å². The minimum Gasteiger partial charge on any atom is -0.494 e. The molecule has 190 valence electrons. The molecule has 0 saturated carbocycles. The van der Waals surface area contributed by atoms with Crippen LogP contribution in [0.1, 0.15) is 32.4 Å². The van der Waals surface area contributed by atoms with Crippen molar-refractivity contribution in [2.24, 2.45) is 11.8 Å². The number of nitrogens with zero attached hydrogens (tertiary/aromatic N) is 2. The predicted molar refractivity (Wildman–Crippen MR) is 132 cm³/mol. The molecule has 0 N–H and O–H groups in total. The Kier molecular flexibility index (Phi) is 5.23. The summed E-state index contributed by atoms with van der Waals surface area (Å²) >= 11 is 6.04. The molecule has 3 aromatic carbocycles. The van der Waals surface area contributed by atoms with Crippen molar-refractivity contribution in [3.63, 3.8) is 0 Å². The Morgan fingerprint density at radius 2 is 1.58 bits per heavy atom. The number of anilines is 1. The summed E-state index contributed by atoms with van der Waals surface area (Å²) in [6, 6.07) is 16.0. The van der Waals surface area contributed by atoms with Crippen LogP contribution in [-0.4, -0.2) is 41.0 Å². The molecule has 2 aliphatic heterocycles. The van der Waals surface area contributed by atoms with Crippen molar-refractivity contribution in [2.75, 3.05) is 12.0 Å². The number of imide groups is 1. The Morgan fingerprint density at radius 1 is 0.947 bits per heavy atom. The van der Waals surface area contributed by atoms with E-state index in [0.717, 1.165) is 17.0 Å². The van der Waals surface area contributed by atoms with Gasteiger partial charge in [0.25, 0.3) is 5.69 Å². The number of Topliss-reactive ketones (excluding diaryl/α,β-unsaturated/α-hetero) is 2. The lowest BCUT2D eigenvalue weighted by molar-refractivity contribution is -0.384. The predicted octanol–water partition coefficient (Wildman–Crippen LogP) is 3.95. The number of rotatable bonds is 4. The van der Waals surface area contributed by atoms with Crippen molar-refractivity contribution in [3.05, 3.63) is 98.6 Å². The van der Waals surface area contributed by atoms with Crippen LogP contribution in [0.25, 0.3) is 0 Å². The zero-order chi connectivity index (χ0) is 26.9. The molecule has 3 aliphatic rings. The van der Waals surface area contributed by atoms with Gasteiger partial charge >= 0.3 is 0 Å². The highest BCUT2D eigenvalue weighted by atomic mass is 35.5. The standard InChI is InChI=1S/C27H17ClN2O8/c1-37-19-12-15(30(35)36)10-11-18(19)29-25(33)20-21(26(29)34)27(38-22(20)13-6-8-14(28)9-7-13)23(31)16-4-2-3-5-17(16)24(27)32/h2-12,20-22H,1H3. The van der Waals surface area contributed by atoms with Crippen molar-refractivity contribution in [1.29, 1.82) is 0 Å². The van der Waals surface area contributed by atoms with Crippen LogP contribution in [0.5, 0.6) is 5.75 Å². The van der Waals surface area contributed by atoms with Crippen molar-refractivity contribution in [3.8, 4) is 5.75 Å². The van der Waals surface area contributed by atoms with Gasteiger partial charge < -0.3 is 9.47 Å². The molecule has 3 atom stereocenters. The summed E-state index contributed by atoms with van der Waals surface area (Å²) in [4.78, 5) is 67.0. The molecule has 3 unspecified atom stereocenters. The number of carbonyl (C=O) groups excluding carboxylic acids is 4. The van der Waals surface area contributed by atoms with E-state index in [1.54, 1.807) is 36.4 Å². The smallest absolute Gasteiger partial charge is 0.273 e. The van der Waals surface area contributed by atoms with E-state index in [-0.39, 0.29) is 28.3 Å². The fourth-order valence-corrected chi connectivity index (χ4v) is 5.80. The quantitative estimate of drug-likeness (QED) is 0.213. The molecule has 2 saturated heterocycles. The molecular formula is C27H17ClN2O8. The van der Waals surface area contributed by atoms with Gasteiger partial charge in [-0.3, -0.25) is 29.3 Å². The average molecular weight is 533 g/mol. The molecule has 2 heterocycles. The van der Waals surface area contributed by atoms with Gasteiger partial charge in [-0.15, -0.1) is 0 Å². The molecule has 0 bridgehead atoms. The lowest BCUT2D eigenvalue weighted by Gasteiger charge is -2.27. The second-order valence-electron chi connectivity index (χ2n) is 9.16. The molecule has 11 heteroatoms. The number of hydrogen-bond donors (Lipinski definition) is 0. The van der Waals surface area contributed by atoms with E-state index in [9.17, 15) is 29.3 Å². The minimum absolute atomic E-state index is 0.0390. The number of ketones is 2. The maximum absolute atomic E-state index is 14.0. The molecular weight excluding hydrogens is 516 g/mol. The largest absolute Gasteiger partial charge is 0.494 e. The minimum atomic E-state index is -2.24. The van der Waals surface area contributed by atoms with Crippen LogP contribution < -0.4 is 9.64 Å². The fourth-order valence-electron chi connectivity index (χ4n) is 5.67. The van der Waals surface area contributed by atoms with Crippen LogP contribution in [0, 0.1) is 22.0 Å². The number of nitro groups is 1. The first-order valence-corrected chi connectivity index (χ1v) is 11.9. The van der Waals surface area contributed by atoms with E-state index < -0.39 is 51.8 Å². The van der Waals surface area contributed by atoms with E-state index in [1.807, 2.05) is 0 Å². The van der Waals surface area contributed by atoms with Gasteiger partial charge in [-0.05, 0) is 23.8 Å². The lowest BCUT2D eigenvalue weighted by atomic mass is 9.77. The molecule has 2 amide bonds. The maximum Gasteiger partial charge on any atom is 0.273 e. The van der Waals surface area contributed by atoms with Crippen LogP contribution in [0.4, 0.5) is 11.4 Å². The van der Waals surface area contributed by atoms with E-state index in [2.05, 4.69) is 0 Å². The topological polar surface area (TPSA) is 133 Å². The van der Waals surface area contributed by atoms with Gasteiger partial charge in [0.1, 0.15) is 5.75 Å². The number of carbonyl (C=O) groups is 4. The lowest BCUT2D eigenvalue weighted by Crippen LogP contribution is -2.51. The van der Waals surface area contributed by atoms with Crippen molar-refractivity contribution in [1.82, 2.24) is 0 Å². The van der Waals surface area contributed by atoms with Gasteiger partial charge in [-0.2, -0.15) is 0 Å². The normalized spacial score (nSPS) is 23.2. The number of non-ortho nitro benzene ring substituents is 1. The third-order valence-electron chi connectivity index (χ3n) is 7.33. The number of nitro benzene ring substituents is 1. The molecule has 10 nitrogen and oxygen atoms in total. The Labute approximate surface area is 219 Å². The third kappa shape index (κ3) is 3.04. The Bertz CT molecular complexity index is 1550. The monoisotopic (exact) mass is 532 g/mol. The highest BCUT2D eigenvalue weighted by molar-refractivity contribution is 6.37. The van der Waals surface area contributed by atoms with Crippen molar-refractivity contribution >= 4 is 46.4 Å². The molecule has 38 heavy (non-hydrogen) atoms. The summed E-state index contributed by atoms with van der Waals surface area (Å²) in [6.45, 7) is 0. The zero-order valence-electron chi connectivity index (χ0n) is 19.6. The Hall–Kier alpha value is -4.41. The summed E-state index contributed by atoms with van der Waals surface area (Å²) in [5.74, 6) is -5.73. The Balaban J connectivity index is 1.54. The fraction of sp³-hybridized carbons (Fsp3) is 0.185. The number of halogens is 1. The van der Waals surface area contributed by atoms with Crippen LogP contribution in [0.15, 0.2) is 66.7 Å². The molecule has 1 aliphatic carbocycles. The third-order valence-corrected chi connectivity index (χ3v) is 7.58.